The van der Waals surface area contributed by atoms with Crippen LogP contribution in [0.1, 0.15) is 56.8 Å². The number of thioether (sulfide) groups is 1. The highest BCUT2D eigenvalue weighted by atomic mass is 32.2. The topological polar surface area (TPSA) is 71.0 Å². The van der Waals surface area contributed by atoms with Crippen molar-refractivity contribution in [2.45, 2.75) is 59.2 Å². The number of carbonyl (C=O) groups is 2. The SMILES string of the molecule is CC1=C(C(=O)OC(C)(C)C)C(c2ccc(C)cc2)N2C(CC(=O)NCc3ccccc3)=CSC2=N1. The van der Waals surface area contributed by atoms with Crippen LogP contribution in [0.5, 0.6) is 0 Å². The monoisotopic (exact) mass is 489 g/mol. The lowest BCUT2D eigenvalue weighted by atomic mass is 9.93. The summed E-state index contributed by atoms with van der Waals surface area (Å²) in [5.74, 6) is -0.483. The zero-order chi connectivity index (χ0) is 25.2. The van der Waals surface area contributed by atoms with E-state index in [4.69, 9.17) is 9.73 Å². The Morgan fingerprint density at radius 2 is 1.74 bits per heavy atom. The Morgan fingerprint density at radius 1 is 1.06 bits per heavy atom. The van der Waals surface area contributed by atoms with Crippen molar-refractivity contribution in [1.82, 2.24) is 10.2 Å². The van der Waals surface area contributed by atoms with Crippen molar-refractivity contribution in [3.8, 4) is 0 Å². The van der Waals surface area contributed by atoms with Crippen LogP contribution in [0.4, 0.5) is 0 Å². The Morgan fingerprint density at radius 3 is 2.40 bits per heavy atom. The summed E-state index contributed by atoms with van der Waals surface area (Å²) < 4.78 is 5.78. The second kappa shape index (κ2) is 10.1. The van der Waals surface area contributed by atoms with E-state index in [1.165, 1.54) is 11.8 Å². The van der Waals surface area contributed by atoms with E-state index in [-0.39, 0.29) is 12.3 Å². The molecule has 0 saturated carbocycles. The van der Waals surface area contributed by atoms with Gasteiger partial charge >= 0.3 is 5.97 Å². The number of benzene rings is 2. The Hall–Kier alpha value is -3.32. The zero-order valence-electron chi connectivity index (χ0n) is 20.8. The first kappa shape index (κ1) is 24.8. The van der Waals surface area contributed by atoms with Gasteiger partial charge in [0.05, 0.1) is 23.7 Å². The molecule has 4 rings (SSSR count). The Kier molecular flexibility index (Phi) is 7.17. The van der Waals surface area contributed by atoms with Gasteiger partial charge in [-0.05, 0) is 51.2 Å². The molecule has 0 aliphatic carbocycles. The van der Waals surface area contributed by atoms with E-state index < -0.39 is 17.6 Å². The maximum Gasteiger partial charge on any atom is 0.338 e. The normalized spacial score (nSPS) is 17.5. The molecule has 0 aromatic heterocycles. The molecule has 1 N–H and O–H groups in total. The molecule has 0 bridgehead atoms. The fraction of sp³-hybridized carbons (Fsp3) is 0.321. The summed E-state index contributed by atoms with van der Waals surface area (Å²) in [6.45, 7) is 9.90. The molecule has 2 aliphatic rings. The molecule has 2 heterocycles. The van der Waals surface area contributed by atoms with Crippen LogP contribution in [0.25, 0.3) is 0 Å². The summed E-state index contributed by atoms with van der Waals surface area (Å²) >= 11 is 1.47. The van der Waals surface area contributed by atoms with Crippen LogP contribution in [-0.2, 0) is 20.9 Å². The van der Waals surface area contributed by atoms with E-state index in [1.807, 2.05) is 99.5 Å². The van der Waals surface area contributed by atoms with Crippen LogP contribution >= 0.6 is 11.8 Å². The number of fused-ring (bicyclic) bond motifs is 1. The first-order chi connectivity index (χ1) is 16.6. The highest BCUT2D eigenvalue weighted by Gasteiger charge is 2.41. The van der Waals surface area contributed by atoms with Crippen LogP contribution in [0, 0.1) is 6.92 Å². The average Bonchev–Trinajstić information content (AvgIpc) is 3.18. The van der Waals surface area contributed by atoms with Gasteiger partial charge in [-0.15, -0.1) is 0 Å². The third-order valence-electron chi connectivity index (χ3n) is 5.69. The van der Waals surface area contributed by atoms with Gasteiger partial charge in [0.15, 0.2) is 5.17 Å². The van der Waals surface area contributed by atoms with Gasteiger partial charge in [0.25, 0.3) is 0 Å². The number of aryl methyl sites for hydroxylation is 1. The number of nitrogens with one attached hydrogen (secondary N) is 1. The van der Waals surface area contributed by atoms with E-state index in [0.29, 0.717) is 17.8 Å². The Labute approximate surface area is 211 Å². The van der Waals surface area contributed by atoms with Gasteiger partial charge in [0.1, 0.15) is 5.60 Å². The lowest BCUT2D eigenvalue weighted by Gasteiger charge is -2.37. The Balaban J connectivity index is 1.62. The molecule has 2 aliphatic heterocycles. The molecule has 182 valence electrons. The smallest absolute Gasteiger partial charge is 0.338 e. The fourth-order valence-corrected chi connectivity index (χ4v) is 5.02. The van der Waals surface area contributed by atoms with E-state index in [9.17, 15) is 9.59 Å². The number of amides is 1. The number of nitrogens with zero attached hydrogens (tertiary/aromatic N) is 2. The lowest BCUT2D eigenvalue weighted by Crippen LogP contribution is -2.39. The predicted octanol–water partition coefficient (Wildman–Crippen LogP) is 5.62. The number of rotatable bonds is 6. The molecule has 7 heteroatoms. The molecule has 0 spiro atoms. The highest BCUT2D eigenvalue weighted by molar-refractivity contribution is 8.16. The number of aliphatic imine (C=N–C) groups is 1. The number of amidine groups is 1. The maximum atomic E-state index is 13.4. The van der Waals surface area contributed by atoms with Gasteiger partial charge in [-0.2, -0.15) is 0 Å². The van der Waals surface area contributed by atoms with Crippen LogP contribution in [-0.4, -0.2) is 27.5 Å². The molecule has 35 heavy (non-hydrogen) atoms. The Bertz CT molecular complexity index is 1210. The summed E-state index contributed by atoms with van der Waals surface area (Å²) in [5.41, 5.74) is 4.41. The summed E-state index contributed by atoms with van der Waals surface area (Å²) in [7, 11) is 0. The standard InChI is InChI=1S/C28H31N3O3S/c1-18-11-13-21(14-12-18)25-24(26(33)34-28(3,4)5)19(2)30-27-31(25)22(17-35-27)15-23(32)29-16-20-9-7-6-8-10-20/h6-14,17,25H,15-16H2,1-5H3,(H,29,32). The molecule has 1 unspecified atom stereocenters. The molecule has 0 radical (unpaired) electrons. The first-order valence-electron chi connectivity index (χ1n) is 11.7. The number of hydrogen-bond acceptors (Lipinski definition) is 6. The third kappa shape index (κ3) is 5.85. The molecule has 0 fully saturated rings. The minimum absolute atomic E-state index is 0.0882. The van der Waals surface area contributed by atoms with Gasteiger partial charge in [0.2, 0.25) is 5.91 Å². The molecule has 1 amide bonds. The molecule has 1 atom stereocenters. The number of esters is 1. The zero-order valence-corrected chi connectivity index (χ0v) is 21.6. The van der Waals surface area contributed by atoms with Crippen LogP contribution in [0.3, 0.4) is 0 Å². The molecule has 2 aromatic carbocycles. The molecular weight excluding hydrogens is 458 g/mol. The van der Waals surface area contributed by atoms with E-state index in [1.54, 1.807) is 0 Å². The number of hydrogen-bond donors (Lipinski definition) is 1. The molecular formula is C28H31N3O3S. The van der Waals surface area contributed by atoms with Gasteiger partial charge in [-0.1, -0.05) is 71.9 Å². The quantitative estimate of drug-likeness (QED) is 0.534. The second-order valence-corrected chi connectivity index (χ2v) is 10.6. The fourth-order valence-electron chi connectivity index (χ4n) is 4.05. The number of ether oxygens (including phenoxy) is 1. The van der Waals surface area contributed by atoms with Crippen LogP contribution < -0.4 is 5.32 Å². The minimum Gasteiger partial charge on any atom is -0.456 e. The largest absolute Gasteiger partial charge is 0.456 e. The lowest BCUT2D eigenvalue weighted by molar-refractivity contribution is -0.150. The predicted molar refractivity (Wildman–Crippen MR) is 140 cm³/mol. The number of carbonyl (C=O) groups excluding carboxylic acids is 2. The summed E-state index contributed by atoms with van der Waals surface area (Å²) in [4.78, 5) is 33.0. The maximum absolute atomic E-state index is 13.4. The van der Waals surface area contributed by atoms with E-state index in [2.05, 4.69) is 5.32 Å². The van der Waals surface area contributed by atoms with Crippen molar-refractivity contribution in [3.05, 3.63) is 93.7 Å². The van der Waals surface area contributed by atoms with Crippen molar-refractivity contribution < 1.29 is 14.3 Å². The van der Waals surface area contributed by atoms with Crippen molar-refractivity contribution >= 4 is 28.8 Å². The van der Waals surface area contributed by atoms with E-state index in [0.717, 1.165) is 27.6 Å². The van der Waals surface area contributed by atoms with Gasteiger partial charge in [-0.3, -0.25) is 4.79 Å². The summed E-state index contributed by atoms with van der Waals surface area (Å²) in [6, 6.07) is 17.5. The molecule has 0 saturated heterocycles. The highest BCUT2D eigenvalue weighted by Crippen LogP contribution is 2.45. The van der Waals surface area contributed by atoms with Crippen molar-refractivity contribution in [3.63, 3.8) is 0 Å². The number of allylic oxidation sites excluding steroid dienone is 1. The van der Waals surface area contributed by atoms with Gasteiger partial charge < -0.3 is 15.0 Å². The van der Waals surface area contributed by atoms with E-state index >= 15 is 0 Å². The van der Waals surface area contributed by atoms with Crippen molar-refractivity contribution in [2.24, 2.45) is 4.99 Å². The molecule has 6 nitrogen and oxygen atoms in total. The van der Waals surface area contributed by atoms with Gasteiger partial charge in [0, 0.05) is 12.2 Å². The molecule has 2 aromatic rings. The summed E-state index contributed by atoms with van der Waals surface area (Å²) in [6.07, 6.45) is 0.182. The summed E-state index contributed by atoms with van der Waals surface area (Å²) in [5, 5.41) is 5.71. The minimum atomic E-state index is -0.637. The second-order valence-electron chi connectivity index (χ2n) is 9.74. The third-order valence-corrected chi connectivity index (χ3v) is 6.58. The van der Waals surface area contributed by atoms with Gasteiger partial charge in [-0.25, -0.2) is 9.79 Å². The van der Waals surface area contributed by atoms with Crippen molar-refractivity contribution in [1.29, 1.82) is 0 Å². The average molecular weight is 490 g/mol. The van der Waals surface area contributed by atoms with Crippen LogP contribution in [0.2, 0.25) is 0 Å². The van der Waals surface area contributed by atoms with Crippen LogP contribution in [0.15, 0.2) is 82.0 Å². The van der Waals surface area contributed by atoms with Crippen molar-refractivity contribution in [2.75, 3.05) is 0 Å². The first-order valence-corrected chi connectivity index (χ1v) is 12.6.